The zero-order chi connectivity index (χ0) is 10.3. The highest BCUT2D eigenvalue weighted by molar-refractivity contribution is 5.85. The topological polar surface area (TPSA) is 38.0 Å². The van der Waals surface area contributed by atoms with E-state index in [1.807, 2.05) is 0 Å². The number of nitrogens with two attached hydrogens (primary N) is 1. The third-order valence-corrected chi connectivity index (χ3v) is 2.68. The zero-order valence-corrected chi connectivity index (χ0v) is 9.13. The lowest BCUT2D eigenvalue weighted by molar-refractivity contribution is 0.284. The van der Waals surface area contributed by atoms with E-state index in [0.29, 0.717) is 24.2 Å². The molecule has 1 aliphatic heterocycles. The molecule has 0 spiro atoms. The Morgan fingerprint density at radius 2 is 1.80 bits per heavy atom. The van der Waals surface area contributed by atoms with Crippen molar-refractivity contribution in [1.29, 1.82) is 0 Å². The number of hydrogen-bond donors (Lipinski definition) is 2. The molecule has 0 bridgehead atoms. The monoisotopic (exact) mass is 234 g/mol. The molecule has 84 valence electrons. The van der Waals surface area contributed by atoms with Crippen LogP contribution in [0.1, 0.15) is 11.1 Å². The van der Waals surface area contributed by atoms with Crippen LogP contribution < -0.4 is 11.1 Å². The molecule has 0 unspecified atom stereocenters. The maximum atomic E-state index is 13.0. The Morgan fingerprint density at radius 3 is 2.27 bits per heavy atom. The Balaban J connectivity index is 0.00000112. The maximum Gasteiger partial charge on any atom is 0.159 e. The van der Waals surface area contributed by atoms with Gasteiger partial charge >= 0.3 is 0 Å². The lowest BCUT2D eigenvalue weighted by Gasteiger charge is -2.40. The first-order valence-corrected chi connectivity index (χ1v) is 4.49. The van der Waals surface area contributed by atoms with Crippen LogP contribution in [0.15, 0.2) is 12.1 Å². The zero-order valence-electron chi connectivity index (χ0n) is 8.31. The maximum absolute atomic E-state index is 13.0. The van der Waals surface area contributed by atoms with Gasteiger partial charge in [-0.1, -0.05) is 0 Å². The van der Waals surface area contributed by atoms with E-state index in [-0.39, 0.29) is 12.4 Å². The minimum absolute atomic E-state index is 0. The predicted octanol–water partition coefficient (Wildman–Crippen LogP) is 1.45. The third kappa shape index (κ3) is 1.97. The second-order valence-electron chi connectivity index (χ2n) is 3.84. The van der Waals surface area contributed by atoms with Gasteiger partial charge in [0.05, 0.1) is 5.54 Å². The first-order chi connectivity index (χ1) is 6.53. The van der Waals surface area contributed by atoms with Gasteiger partial charge in [-0.05, 0) is 30.2 Å². The van der Waals surface area contributed by atoms with Crippen LogP contribution in [-0.2, 0) is 5.54 Å². The van der Waals surface area contributed by atoms with E-state index in [1.54, 1.807) is 6.92 Å². The fraction of sp³-hybridized carbons (Fsp3) is 0.400. The van der Waals surface area contributed by atoms with Gasteiger partial charge < -0.3 is 11.1 Å². The highest BCUT2D eigenvalue weighted by atomic mass is 35.5. The van der Waals surface area contributed by atoms with Crippen molar-refractivity contribution in [3.05, 3.63) is 34.9 Å². The van der Waals surface area contributed by atoms with Crippen molar-refractivity contribution in [2.45, 2.75) is 12.5 Å². The summed E-state index contributed by atoms with van der Waals surface area (Å²) in [4.78, 5) is 0. The fourth-order valence-corrected chi connectivity index (χ4v) is 1.77. The van der Waals surface area contributed by atoms with Gasteiger partial charge in [-0.2, -0.15) is 0 Å². The molecule has 0 aromatic heterocycles. The lowest BCUT2D eigenvalue weighted by Crippen LogP contribution is -2.63. The molecule has 0 amide bonds. The van der Waals surface area contributed by atoms with E-state index in [4.69, 9.17) is 5.73 Å². The van der Waals surface area contributed by atoms with Crippen LogP contribution in [0.5, 0.6) is 0 Å². The Labute approximate surface area is 93.3 Å². The summed E-state index contributed by atoms with van der Waals surface area (Å²) in [6, 6.07) is 2.39. The third-order valence-electron chi connectivity index (χ3n) is 2.68. The quantitative estimate of drug-likeness (QED) is 0.772. The Kier molecular flexibility index (Phi) is 3.33. The summed E-state index contributed by atoms with van der Waals surface area (Å²) >= 11 is 0. The van der Waals surface area contributed by atoms with Crippen molar-refractivity contribution >= 4 is 12.4 Å². The molecule has 2 nitrogen and oxygen atoms in total. The number of aryl methyl sites for hydroxylation is 1. The summed E-state index contributed by atoms with van der Waals surface area (Å²) in [6.07, 6.45) is 0. The molecular formula is C10H13ClF2N2. The SMILES string of the molecule is Cc1cc(F)c(F)cc1C1(N)CNC1.Cl. The molecule has 0 saturated carbocycles. The van der Waals surface area contributed by atoms with E-state index in [0.717, 1.165) is 0 Å². The fourth-order valence-electron chi connectivity index (χ4n) is 1.77. The van der Waals surface area contributed by atoms with Crippen molar-refractivity contribution in [3.63, 3.8) is 0 Å². The molecule has 1 saturated heterocycles. The smallest absolute Gasteiger partial charge is 0.159 e. The van der Waals surface area contributed by atoms with E-state index in [9.17, 15) is 8.78 Å². The Hall–Kier alpha value is -0.710. The summed E-state index contributed by atoms with van der Waals surface area (Å²) in [5.74, 6) is -1.65. The highest BCUT2D eigenvalue weighted by Gasteiger charge is 2.36. The van der Waals surface area contributed by atoms with Crippen LogP contribution in [0.2, 0.25) is 0 Å². The summed E-state index contributed by atoms with van der Waals surface area (Å²) in [6.45, 7) is 2.96. The molecule has 1 aromatic carbocycles. The second-order valence-corrected chi connectivity index (χ2v) is 3.84. The van der Waals surface area contributed by atoms with Crippen LogP contribution in [0.3, 0.4) is 0 Å². The largest absolute Gasteiger partial charge is 0.319 e. The number of nitrogens with one attached hydrogen (secondary N) is 1. The van der Waals surface area contributed by atoms with Gasteiger partial charge in [-0.3, -0.25) is 0 Å². The molecule has 0 aliphatic carbocycles. The summed E-state index contributed by atoms with van der Waals surface area (Å²) in [5.41, 5.74) is 6.85. The summed E-state index contributed by atoms with van der Waals surface area (Å²) < 4.78 is 25.8. The molecule has 0 radical (unpaired) electrons. The molecule has 15 heavy (non-hydrogen) atoms. The normalized spacial score (nSPS) is 17.9. The van der Waals surface area contributed by atoms with Crippen LogP contribution in [0.25, 0.3) is 0 Å². The molecule has 5 heteroatoms. The second kappa shape index (κ2) is 4.04. The van der Waals surface area contributed by atoms with E-state index >= 15 is 0 Å². The van der Waals surface area contributed by atoms with Crippen molar-refractivity contribution < 1.29 is 8.78 Å². The molecule has 2 rings (SSSR count). The molecule has 1 fully saturated rings. The molecule has 0 atom stereocenters. The van der Waals surface area contributed by atoms with Crippen LogP contribution in [-0.4, -0.2) is 13.1 Å². The Bertz CT molecular complexity index is 378. The summed E-state index contributed by atoms with van der Waals surface area (Å²) in [5, 5.41) is 3.02. The first kappa shape index (κ1) is 12.4. The van der Waals surface area contributed by atoms with E-state index in [2.05, 4.69) is 5.32 Å². The lowest BCUT2D eigenvalue weighted by atomic mass is 9.83. The average molecular weight is 235 g/mol. The number of hydrogen-bond acceptors (Lipinski definition) is 2. The molecule has 3 N–H and O–H groups in total. The van der Waals surface area contributed by atoms with E-state index in [1.165, 1.54) is 12.1 Å². The van der Waals surface area contributed by atoms with Crippen LogP contribution in [0, 0.1) is 18.6 Å². The predicted molar refractivity (Wildman–Crippen MR) is 57.1 cm³/mol. The van der Waals surface area contributed by atoms with Gasteiger partial charge in [0, 0.05) is 13.1 Å². The summed E-state index contributed by atoms with van der Waals surface area (Å²) in [7, 11) is 0. The van der Waals surface area contributed by atoms with Gasteiger partial charge in [0.1, 0.15) is 0 Å². The van der Waals surface area contributed by atoms with Gasteiger partial charge in [0.15, 0.2) is 11.6 Å². The van der Waals surface area contributed by atoms with Gasteiger partial charge in [0.2, 0.25) is 0 Å². The molecular weight excluding hydrogens is 222 g/mol. The van der Waals surface area contributed by atoms with E-state index < -0.39 is 17.2 Å². The van der Waals surface area contributed by atoms with Crippen molar-refractivity contribution in [1.82, 2.24) is 5.32 Å². The minimum atomic E-state index is -0.831. The average Bonchev–Trinajstić information content (AvgIpc) is 2.07. The van der Waals surface area contributed by atoms with Gasteiger partial charge in [-0.15, -0.1) is 12.4 Å². The Morgan fingerprint density at radius 1 is 1.27 bits per heavy atom. The number of benzene rings is 1. The van der Waals surface area contributed by atoms with Crippen molar-refractivity contribution in [2.24, 2.45) is 5.73 Å². The number of halogens is 3. The van der Waals surface area contributed by atoms with Crippen LogP contribution in [0.4, 0.5) is 8.78 Å². The van der Waals surface area contributed by atoms with Crippen molar-refractivity contribution in [2.75, 3.05) is 13.1 Å². The van der Waals surface area contributed by atoms with Crippen molar-refractivity contribution in [3.8, 4) is 0 Å². The molecule has 1 aliphatic rings. The standard InChI is InChI=1S/C10H12F2N2.ClH/c1-6-2-8(11)9(12)3-7(6)10(13)4-14-5-10;/h2-3,14H,4-5,13H2,1H3;1H. The first-order valence-electron chi connectivity index (χ1n) is 4.49. The number of rotatable bonds is 1. The van der Waals surface area contributed by atoms with Gasteiger partial charge in [-0.25, -0.2) is 8.78 Å². The minimum Gasteiger partial charge on any atom is -0.319 e. The molecule has 1 aromatic rings. The molecule has 1 heterocycles. The van der Waals surface area contributed by atoms with Gasteiger partial charge in [0.25, 0.3) is 0 Å². The van der Waals surface area contributed by atoms with Crippen LogP contribution >= 0.6 is 12.4 Å². The highest BCUT2D eigenvalue weighted by Crippen LogP contribution is 2.27.